The summed E-state index contributed by atoms with van der Waals surface area (Å²) in [5.41, 5.74) is 2.31. The molecule has 0 amide bonds. The molecule has 1 heterocycles. The van der Waals surface area contributed by atoms with Gasteiger partial charge in [-0.25, -0.2) is 4.39 Å². The second-order valence-corrected chi connectivity index (χ2v) is 5.42. The van der Waals surface area contributed by atoms with Crippen LogP contribution in [-0.2, 0) is 0 Å². The van der Waals surface area contributed by atoms with Crippen LogP contribution in [0.4, 0.5) is 4.39 Å². The Morgan fingerprint density at radius 3 is 2.52 bits per heavy atom. The Balaban J connectivity index is 2.10. The number of hydrogen-bond donors (Lipinski definition) is 1. The maximum Gasteiger partial charge on any atom is 0.123 e. The van der Waals surface area contributed by atoms with E-state index >= 15 is 0 Å². The fourth-order valence-corrected chi connectivity index (χ4v) is 2.48. The molecule has 0 spiro atoms. The van der Waals surface area contributed by atoms with Crippen LogP contribution in [0.1, 0.15) is 56.3 Å². The van der Waals surface area contributed by atoms with E-state index in [1.54, 1.807) is 6.20 Å². The Kier molecular flexibility index (Phi) is 5.88. The molecule has 2 atom stereocenters. The van der Waals surface area contributed by atoms with Crippen LogP contribution in [0.5, 0.6) is 0 Å². The summed E-state index contributed by atoms with van der Waals surface area (Å²) in [4.78, 5) is 4.17. The van der Waals surface area contributed by atoms with Gasteiger partial charge in [-0.05, 0) is 42.7 Å². The quantitative estimate of drug-likeness (QED) is 0.790. The maximum absolute atomic E-state index is 13.1. The lowest BCUT2D eigenvalue weighted by molar-refractivity contribution is 0.430. The first-order chi connectivity index (χ1) is 10.2. The van der Waals surface area contributed by atoms with Crippen molar-refractivity contribution >= 4 is 0 Å². The summed E-state index contributed by atoms with van der Waals surface area (Å²) in [6.45, 7) is 4.33. The lowest BCUT2D eigenvalue weighted by Crippen LogP contribution is -2.25. The fraction of sp³-hybridized carbons (Fsp3) is 0.389. The van der Waals surface area contributed by atoms with E-state index in [0.717, 1.165) is 24.8 Å². The summed E-state index contributed by atoms with van der Waals surface area (Å²) >= 11 is 0. The van der Waals surface area contributed by atoms with E-state index < -0.39 is 0 Å². The van der Waals surface area contributed by atoms with Gasteiger partial charge < -0.3 is 5.32 Å². The molecule has 1 aromatic carbocycles. The highest BCUT2D eigenvalue weighted by atomic mass is 19.1. The van der Waals surface area contributed by atoms with Gasteiger partial charge >= 0.3 is 0 Å². The summed E-state index contributed by atoms with van der Waals surface area (Å²) in [7, 11) is 0. The molecule has 1 aromatic heterocycles. The van der Waals surface area contributed by atoms with Crippen molar-refractivity contribution in [1.82, 2.24) is 10.3 Å². The number of nitrogens with zero attached hydrogens (tertiary/aromatic N) is 1. The van der Waals surface area contributed by atoms with Crippen LogP contribution in [-0.4, -0.2) is 4.98 Å². The minimum absolute atomic E-state index is 0.187. The molecule has 2 nitrogen and oxygen atoms in total. The summed E-state index contributed by atoms with van der Waals surface area (Å²) < 4.78 is 13.1. The fourth-order valence-electron chi connectivity index (χ4n) is 2.48. The number of pyridine rings is 1. The van der Waals surface area contributed by atoms with Crippen LogP contribution in [0, 0.1) is 5.82 Å². The van der Waals surface area contributed by atoms with Gasteiger partial charge in [0.2, 0.25) is 0 Å². The monoisotopic (exact) mass is 286 g/mol. The van der Waals surface area contributed by atoms with Gasteiger partial charge in [0.1, 0.15) is 5.82 Å². The molecule has 112 valence electrons. The molecule has 2 aromatic rings. The summed E-state index contributed by atoms with van der Waals surface area (Å²) in [5, 5.41) is 3.64. The molecule has 3 heteroatoms. The van der Waals surface area contributed by atoms with Gasteiger partial charge in [0.15, 0.2) is 0 Å². The molecule has 0 saturated heterocycles. The average molecular weight is 286 g/mol. The van der Waals surface area contributed by atoms with Gasteiger partial charge in [0.25, 0.3) is 0 Å². The number of halogens is 1. The smallest absolute Gasteiger partial charge is 0.123 e. The SMILES string of the molecule is CCCCC(N[C@@H](C)c1cccnc1)c1ccc(F)cc1. The van der Waals surface area contributed by atoms with Crippen LogP contribution >= 0.6 is 0 Å². The largest absolute Gasteiger partial charge is 0.303 e. The van der Waals surface area contributed by atoms with Crippen molar-refractivity contribution in [2.24, 2.45) is 0 Å². The summed E-state index contributed by atoms with van der Waals surface area (Å²) in [6.07, 6.45) is 7.02. The topological polar surface area (TPSA) is 24.9 Å². The van der Waals surface area contributed by atoms with Crippen LogP contribution in [0.15, 0.2) is 48.8 Å². The predicted octanol–water partition coefficient (Wildman–Crippen LogP) is 4.80. The molecule has 0 aliphatic rings. The summed E-state index contributed by atoms with van der Waals surface area (Å²) in [5.74, 6) is -0.187. The van der Waals surface area contributed by atoms with Crippen molar-refractivity contribution in [1.29, 1.82) is 0 Å². The molecule has 2 rings (SSSR count). The maximum atomic E-state index is 13.1. The van der Waals surface area contributed by atoms with Gasteiger partial charge in [-0.2, -0.15) is 0 Å². The minimum Gasteiger partial charge on any atom is -0.303 e. The van der Waals surface area contributed by atoms with E-state index in [4.69, 9.17) is 0 Å². The van der Waals surface area contributed by atoms with Gasteiger partial charge in [-0.1, -0.05) is 38.0 Å². The lowest BCUT2D eigenvalue weighted by Gasteiger charge is -2.24. The van der Waals surface area contributed by atoms with E-state index in [1.807, 2.05) is 24.4 Å². The zero-order chi connectivity index (χ0) is 15.1. The molecular formula is C18H23FN2. The second kappa shape index (κ2) is 7.89. The van der Waals surface area contributed by atoms with Crippen LogP contribution in [0.25, 0.3) is 0 Å². The number of benzene rings is 1. The first-order valence-electron chi connectivity index (χ1n) is 7.62. The molecule has 1 N–H and O–H groups in total. The number of rotatable bonds is 7. The Labute approximate surface area is 126 Å². The van der Waals surface area contributed by atoms with Crippen molar-refractivity contribution in [3.63, 3.8) is 0 Å². The first-order valence-corrected chi connectivity index (χ1v) is 7.62. The Hall–Kier alpha value is -1.74. The minimum atomic E-state index is -0.187. The molecule has 0 aliphatic carbocycles. The molecule has 21 heavy (non-hydrogen) atoms. The third-order valence-corrected chi connectivity index (χ3v) is 3.75. The van der Waals surface area contributed by atoms with Gasteiger partial charge in [0.05, 0.1) is 0 Å². The zero-order valence-corrected chi connectivity index (χ0v) is 12.7. The highest BCUT2D eigenvalue weighted by Crippen LogP contribution is 2.24. The summed E-state index contributed by atoms with van der Waals surface area (Å²) in [6, 6.07) is 11.3. The number of unbranched alkanes of at least 4 members (excludes halogenated alkanes) is 1. The molecule has 0 aliphatic heterocycles. The normalized spacial score (nSPS) is 13.9. The number of hydrogen-bond acceptors (Lipinski definition) is 2. The van der Waals surface area contributed by atoms with Crippen molar-refractivity contribution in [3.8, 4) is 0 Å². The van der Waals surface area contributed by atoms with E-state index in [2.05, 4.69) is 30.2 Å². The van der Waals surface area contributed by atoms with Crippen LogP contribution in [0.2, 0.25) is 0 Å². The van der Waals surface area contributed by atoms with Crippen molar-refractivity contribution in [2.45, 2.75) is 45.2 Å². The third kappa shape index (κ3) is 4.64. The van der Waals surface area contributed by atoms with Crippen molar-refractivity contribution in [2.75, 3.05) is 0 Å². The molecular weight excluding hydrogens is 263 g/mol. The van der Waals surface area contributed by atoms with E-state index in [9.17, 15) is 4.39 Å². The number of nitrogens with one attached hydrogen (secondary N) is 1. The first kappa shape index (κ1) is 15.6. The van der Waals surface area contributed by atoms with Crippen molar-refractivity contribution in [3.05, 3.63) is 65.7 Å². The Morgan fingerprint density at radius 2 is 1.90 bits per heavy atom. The molecule has 0 bridgehead atoms. The van der Waals surface area contributed by atoms with E-state index in [0.29, 0.717) is 0 Å². The highest BCUT2D eigenvalue weighted by Gasteiger charge is 2.15. The molecule has 0 fully saturated rings. The average Bonchev–Trinajstić information content (AvgIpc) is 2.53. The lowest BCUT2D eigenvalue weighted by atomic mass is 9.99. The Morgan fingerprint density at radius 1 is 1.14 bits per heavy atom. The second-order valence-electron chi connectivity index (χ2n) is 5.42. The predicted molar refractivity (Wildman–Crippen MR) is 84.5 cm³/mol. The Bertz CT molecular complexity index is 525. The zero-order valence-electron chi connectivity index (χ0n) is 12.7. The molecule has 0 saturated carbocycles. The van der Waals surface area contributed by atoms with E-state index in [-0.39, 0.29) is 17.9 Å². The standard InChI is InChI=1S/C18H23FN2/c1-3-4-7-18(15-8-10-17(19)11-9-15)21-14(2)16-6-5-12-20-13-16/h5-6,8-14,18,21H,3-4,7H2,1-2H3/t14-,18?/m0/s1. The van der Waals surface area contributed by atoms with Crippen LogP contribution < -0.4 is 5.32 Å². The third-order valence-electron chi connectivity index (χ3n) is 3.75. The number of aromatic nitrogens is 1. The van der Waals surface area contributed by atoms with Gasteiger partial charge in [-0.3, -0.25) is 4.98 Å². The highest BCUT2D eigenvalue weighted by molar-refractivity contribution is 5.21. The van der Waals surface area contributed by atoms with Gasteiger partial charge in [-0.15, -0.1) is 0 Å². The molecule has 0 radical (unpaired) electrons. The van der Waals surface area contributed by atoms with Crippen molar-refractivity contribution < 1.29 is 4.39 Å². The van der Waals surface area contributed by atoms with Crippen LogP contribution in [0.3, 0.4) is 0 Å². The molecule has 1 unspecified atom stereocenters. The van der Waals surface area contributed by atoms with E-state index in [1.165, 1.54) is 17.7 Å². The van der Waals surface area contributed by atoms with Gasteiger partial charge in [0, 0.05) is 24.5 Å².